The van der Waals surface area contributed by atoms with Gasteiger partial charge in [0.05, 0.1) is 0 Å². The molecular formula is C9H9NO3. The first-order valence-electron chi connectivity index (χ1n) is 3.63. The summed E-state index contributed by atoms with van der Waals surface area (Å²) in [4.78, 5) is 23.3. The third-order valence-electron chi connectivity index (χ3n) is 1.56. The molecule has 1 heterocycles. The molecule has 0 bridgehead atoms. The molecule has 1 saturated heterocycles. The summed E-state index contributed by atoms with van der Waals surface area (Å²) in [6.45, 7) is 8.36. The molecule has 0 saturated carbocycles. The van der Waals surface area contributed by atoms with E-state index in [1.807, 2.05) is 0 Å². The molecule has 1 rings (SSSR count). The summed E-state index contributed by atoms with van der Waals surface area (Å²) in [6.07, 6.45) is -0.695. The van der Waals surface area contributed by atoms with Crippen molar-refractivity contribution >= 4 is 12.0 Å². The van der Waals surface area contributed by atoms with Gasteiger partial charge >= 0.3 is 6.09 Å². The molecular weight excluding hydrogens is 170 g/mol. The Hall–Kier alpha value is -1.80. The predicted molar refractivity (Wildman–Crippen MR) is 45.7 cm³/mol. The summed E-state index contributed by atoms with van der Waals surface area (Å²) in [7, 11) is 0. The van der Waals surface area contributed by atoms with Crippen LogP contribution in [0.5, 0.6) is 0 Å². The molecule has 0 unspecified atom stereocenters. The van der Waals surface area contributed by atoms with Crippen LogP contribution in [0.4, 0.5) is 4.79 Å². The standard InChI is InChI=1S/C9H9NO3/c1-4-7-5-13-9(12)10(7)8(11)6(2)3/h1-2,5H2,3H3. The second kappa shape index (κ2) is 3.29. The summed E-state index contributed by atoms with van der Waals surface area (Å²) >= 11 is 0. The highest BCUT2D eigenvalue weighted by molar-refractivity contribution is 6.04. The van der Waals surface area contributed by atoms with E-state index in [0.29, 0.717) is 5.70 Å². The van der Waals surface area contributed by atoms with Gasteiger partial charge in [0.15, 0.2) is 0 Å². The normalized spacial score (nSPS) is 15.3. The second-order valence-corrected chi connectivity index (χ2v) is 2.60. The lowest BCUT2D eigenvalue weighted by atomic mass is 10.3. The molecule has 0 N–H and O–H groups in total. The fraction of sp³-hybridized carbons (Fsp3) is 0.222. The summed E-state index contributed by atoms with van der Waals surface area (Å²) in [5, 5.41) is 0. The Kier molecular flexibility index (Phi) is 2.35. The van der Waals surface area contributed by atoms with Gasteiger partial charge in [-0.2, -0.15) is 0 Å². The maximum absolute atomic E-state index is 11.4. The van der Waals surface area contributed by atoms with E-state index in [1.165, 1.54) is 6.92 Å². The molecule has 0 aliphatic carbocycles. The maximum Gasteiger partial charge on any atom is 0.422 e. The van der Waals surface area contributed by atoms with Crippen LogP contribution in [0.2, 0.25) is 0 Å². The van der Waals surface area contributed by atoms with Crippen LogP contribution in [-0.4, -0.2) is 23.5 Å². The van der Waals surface area contributed by atoms with Gasteiger partial charge in [0, 0.05) is 5.57 Å². The zero-order valence-corrected chi connectivity index (χ0v) is 7.29. The SMILES string of the molecule is C=C=C1COC(=O)N1C(=O)C(=C)C. The first-order chi connectivity index (χ1) is 6.07. The molecule has 0 aromatic carbocycles. The number of ether oxygens (including phenoxy) is 1. The zero-order valence-electron chi connectivity index (χ0n) is 7.29. The van der Waals surface area contributed by atoms with E-state index in [4.69, 9.17) is 0 Å². The fourth-order valence-electron chi connectivity index (χ4n) is 0.896. The van der Waals surface area contributed by atoms with Crippen LogP contribution in [0.15, 0.2) is 30.2 Å². The highest BCUT2D eigenvalue weighted by atomic mass is 16.6. The van der Waals surface area contributed by atoms with Crippen LogP contribution in [-0.2, 0) is 9.53 Å². The van der Waals surface area contributed by atoms with Crippen molar-refractivity contribution in [2.75, 3.05) is 6.61 Å². The Balaban J connectivity index is 3.01. The minimum absolute atomic E-state index is 0.0430. The number of amides is 2. The number of hydrogen-bond acceptors (Lipinski definition) is 3. The number of carbonyl (C=O) groups is 2. The van der Waals surface area contributed by atoms with Crippen LogP contribution >= 0.6 is 0 Å². The third-order valence-corrected chi connectivity index (χ3v) is 1.56. The lowest BCUT2D eigenvalue weighted by Crippen LogP contribution is -2.30. The minimum Gasteiger partial charge on any atom is -0.442 e. The van der Waals surface area contributed by atoms with E-state index in [-0.39, 0.29) is 12.2 Å². The second-order valence-electron chi connectivity index (χ2n) is 2.60. The number of rotatable bonds is 1. The van der Waals surface area contributed by atoms with Crippen LogP contribution in [0.3, 0.4) is 0 Å². The smallest absolute Gasteiger partial charge is 0.422 e. The minimum atomic E-state index is -0.695. The molecule has 2 amide bonds. The van der Waals surface area contributed by atoms with Crippen LogP contribution in [0.1, 0.15) is 6.92 Å². The van der Waals surface area contributed by atoms with Gasteiger partial charge in [0.1, 0.15) is 12.3 Å². The average molecular weight is 179 g/mol. The summed E-state index contributed by atoms with van der Waals surface area (Å²) in [6, 6.07) is 0. The largest absolute Gasteiger partial charge is 0.442 e. The Morgan fingerprint density at radius 3 is 2.77 bits per heavy atom. The van der Waals surface area contributed by atoms with Gasteiger partial charge in [-0.05, 0) is 6.92 Å². The molecule has 0 atom stereocenters. The van der Waals surface area contributed by atoms with Crippen molar-refractivity contribution in [3.05, 3.63) is 30.2 Å². The first-order valence-corrected chi connectivity index (χ1v) is 3.63. The topological polar surface area (TPSA) is 46.6 Å². The summed E-state index contributed by atoms with van der Waals surface area (Å²) < 4.78 is 4.63. The Labute approximate surface area is 75.8 Å². The molecule has 68 valence electrons. The summed E-state index contributed by atoms with van der Waals surface area (Å²) in [5.74, 6) is -0.478. The molecule has 4 nitrogen and oxygen atoms in total. The van der Waals surface area contributed by atoms with E-state index in [2.05, 4.69) is 23.6 Å². The van der Waals surface area contributed by atoms with Crippen molar-refractivity contribution in [1.29, 1.82) is 0 Å². The van der Waals surface area contributed by atoms with Gasteiger partial charge < -0.3 is 4.74 Å². The van der Waals surface area contributed by atoms with E-state index in [0.717, 1.165) is 4.90 Å². The average Bonchev–Trinajstić information content (AvgIpc) is 2.45. The molecule has 0 aromatic heterocycles. The number of nitrogens with zero attached hydrogens (tertiary/aromatic N) is 1. The van der Waals surface area contributed by atoms with Crippen molar-refractivity contribution in [2.24, 2.45) is 0 Å². The van der Waals surface area contributed by atoms with Gasteiger partial charge in [0.2, 0.25) is 0 Å². The van der Waals surface area contributed by atoms with Crippen LogP contribution in [0.25, 0.3) is 0 Å². The highest BCUT2D eigenvalue weighted by Crippen LogP contribution is 2.16. The van der Waals surface area contributed by atoms with Crippen molar-refractivity contribution < 1.29 is 14.3 Å². The maximum atomic E-state index is 11.4. The van der Waals surface area contributed by atoms with Crippen LogP contribution in [0, 0.1) is 0 Å². The molecule has 1 aliphatic rings. The third kappa shape index (κ3) is 1.53. The van der Waals surface area contributed by atoms with Crippen molar-refractivity contribution in [3.63, 3.8) is 0 Å². The van der Waals surface area contributed by atoms with Gasteiger partial charge in [-0.3, -0.25) is 4.79 Å². The molecule has 4 heteroatoms. The fourth-order valence-corrected chi connectivity index (χ4v) is 0.896. The lowest BCUT2D eigenvalue weighted by molar-refractivity contribution is -0.122. The summed E-state index contributed by atoms with van der Waals surface area (Å²) in [5.41, 5.74) is 3.07. The Morgan fingerprint density at radius 1 is 1.69 bits per heavy atom. The highest BCUT2D eigenvalue weighted by Gasteiger charge is 2.33. The number of carbonyl (C=O) groups excluding carboxylic acids is 2. The number of hydrogen-bond donors (Lipinski definition) is 0. The van der Waals surface area contributed by atoms with Crippen molar-refractivity contribution in [1.82, 2.24) is 4.90 Å². The van der Waals surface area contributed by atoms with Crippen molar-refractivity contribution in [3.8, 4) is 0 Å². The monoisotopic (exact) mass is 179 g/mol. The molecule has 0 spiro atoms. The Morgan fingerprint density at radius 2 is 2.31 bits per heavy atom. The van der Waals surface area contributed by atoms with Gasteiger partial charge in [0.25, 0.3) is 5.91 Å². The van der Waals surface area contributed by atoms with Gasteiger partial charge in [-0.1, -0.05) is 13.2 Å². The Bertz CT molecular complexity index is 337. The molecule has 0 aromatic rings. The first kappa shape index (κ1) is 9.29. The van der Waals surface area contributed by atoms with E-state index in [1.54, 1.807) is 0 Å². The molecule has 13 heavy (non-hydrogen) atoms. The molecule has 1 aliphatic heterocycles. The quantitative estimate of drug-likeness (QED) is 0.449. The van der Waals surface area contributed by atoms with E-state index in [9.17, 15) is 9.59 Å². The zero-order chi connectivity index (χ0) is 10.0. The number of imide groups is 1. The van der Waals surface area contributed by atoms with Gasteiger partial charge in [-0.15, -0.1) is 5.73 Å². The lowest BCUT2D eigenvalue weighted by Gasteiger charge is -2.09. The van der Waals surface area contributed by atoms with E-state index < -0.39 is 12.0 Å². The van der Waals surface area contributed by atoms with E-state index >= 15 is 0 Å². The molecule has 0 radical (unpaired) electrons. The molecule has 1 fully saturated rings. The predicted octanol–water partition coefficient (Wildman–Crippen LogP) is 1.21. The van der Waals surface area contributed by atoms with Crippen LogP contribution < -0.4 is 0 Å². The number of cyclic esters (lactones) is 1. The van der Waals surface area contributed by atoms with Crippen molar-refractivity contribution in [2.45, 2.75) is 6.92 Å². The van der Waals surface area contributed by atoms with Gasteiger partial charge in [-0.25, -0.2) is 9.69 Å².